The summed E-state index contributed by atoms with van der Waals surface area (Å²) in [6.45, 7) is 3.05. The number of terminal acetylenes is 1. The van der Waals surface area contributed by atoms with Crippen LogP contribution in [-0.2, 0) is 14.3 Å². The van der Waals surface area contributed by atoms with E-state index in [0.717, 1.165) is 11.3 Å². The molecule has 0 aliphatic carbocycles. The number of anilines is 2. The predicted molar refractivity (Wildman–Crippen MR) is 71.8 cm³/mol. The van der Waals surface area contributed by atoms with Gasteiger partial charge in [-0.05, 0) is 36.6 Å². The molecule has 2 amide bonds. The van der Waals surface area contributed by atoms with Gasteiger partial charge in [0.1, 0.15) is 6.61 Å². The van der Waals surface area contributed by atoms with E-state index in [0.29, 0.717) is 18.8 Å². The third-order valence-electron chi connectivity index (χ3n) is 2.86. The lowest BCUT2D eigenvalue weighted by Crippen LogP contribution is -2.42. The number of rotatable bonds is 2. The van der Waals surface area contributed by atoms with Crippen LogP contribution in [0.4, 0.5) is 11.4 Å². The molecule has 1 aromatic rings. The number of hydrogen-bond donors (Lipinski definition) is 1. The fourth-order valence-electron chi connectivity index (χ4n) is 1.98. The molecule has 5 heteroatoms. The lowest BCUT2D eigenvalue weighted by atomic mass is 10.1. The van der Waals surface area contributed by atoms with Crippen molar-refractivity contribution >= 4 is 23.2 Å². The molecule has 1 aliphatic heterocycles. The van der Waals surface area contributed by atoms with Crippen LogP contribution in [0.25, 0.3) is 0 Å². The summed E-state index contributed by atoms with van der Waals surface area (Å²) < 4.78 is 5.09. The lowest BCUT2D eigenvalue weighted by molar-refractivity contribution is -0.125. The third-order valence-corrected chi connectivity index (χ3v) is 2.86. The first kappa shape index (κ1) is 13.1. The maximum atomic E-state index is 11.8. The van der Waals surface area contributed by atoms with Crippen LogP contribution in [0.5, 0.6) is 0 Å². The van der Waals surface area contributed by atoms with Crippen molar-refractivity contribution in [2.24, 2.45) is 0 Å². The maximum absolute atomic E-state index is 11.8. The zero-order chi connectivity index (χ0) is 13.8. The fraction of sp³-hybridized carbons (Fsp3) is 0.286. The molecule has 1 fully saturated rings. The van der Waals surface area contributed by atoms with E-state index >= 15 is 0 Å². The van der Waals surface area contributed by atoms with Crippen LogP contribution in [0.1, 0.15) is 5.56 Å². The van der Waals surface area contributed by atoms with Crippen LogP contribution in [-0.4, -0.2) is 31.6 Å². The summed E-state index contributed by atoms with van der Waals surface area (Å²) in [7, 11) is 0. The molecule has 1 heterocycles. The van der Waals surface area contributed by atoms with E-state index in [-0.39, 0.29) is 12.5 Å². The van der Waals surface area contributed by atoms with Crippen molar-refractivity contribution in [2.45, 2.75) is 6.92 Å². The molecule has 0 radical (unpaired) electrons. The highest BCUT2D eigenvalue weighted by Crippen LogP contribution is 2.24. The highest BCUT2D eigenvalue weighted by Gasteiger charge is 2.21. The highest BCUT2D eigenvalue weighted by molar-refractivity contribution is 6.04. The van der Waals surface area contributed by atoms with E-state index in [1.54, 1.807) is 23.1 Å². The molecule has 1 N–H and O–H groups in total. The van der Waals surface area contributed by atoms with E-state index in [2.05, 4.69) is 5.32 Å². The van der Waals surface area contributed by atoms with Crippen molar-refractivity contribution in [2.75, 3.05) is 30.0 Å². The van der Waals surface area contributed by atoms with E-state index < -0.39 is 5.91 Å². The molecule has 0 spiro atoms. The van der Waals surface area contributed by atoms with Crippen molar-refractivity contribution in [1.29, 1.82) is 0 Å². The van der Waals surface area contributed by atoms with Gasteiger partial charge in [-0.1, -0.05) is 0 Å². The Labute approximate surface area is 111 Å². The Morgan fingerprint density at radius 2 is 2.32 bits per heavy atom. The lowest BCUT2D eigenvalue weighted by Gasteiger charge is -2.28. The van der Waals surface area contributed by atoms with Crippen molar-refractivity contribution < 1.29 is 14.3 Å². The SMILES string of the molecule is C#CC(=O)Nc1ccc(N2CCOCC2=O)c(C)c1. The summed E-state index contributed by atoms with van der Waals surface area (Å²) >= 11 is 0. The molecule has 5 nitrogen and oxygen atoms in total. The molecular weight excluding hydrogens is 244 g/mol. The molecule has 0 aromatic heterocycles. The van der Waals surface area contributed by atoms with Gasteiger partial charge in [0.05, 0.1) is 6.61 Å². The first-order valence-electron chi connectivity index (χ1n) is 5.88. The third kappa shape index (κ3) is 2.92. The Bertz CT molecular complexity index is 560. The summed E-state index contributed by atoms with van der Waals surface area (Å²) in [6.07, 6.45) is 4.99. The van der Waals surface area contributed by atoms with Crippen molar-refractivity contribution in [1.82, 2.24) is 0 Å². The Kier molecular flexibility index (Phi) is 3.83. The molecule has 98 valence electrons. The molecule has 2 rings (SSSR count). The van der Waals surface area contributed by atoms with E-state index in [1.165, 1.54) is 0 Å². The number of carbonyl (C=O) groups excluding carboxylic acids is 2. The summed E-state index contributed by atoms with van der Waals surface area (Å²) in [6, 6.07) is 5.30. The molecule has 19 heavy (non-hydrogen) atoms. The van der Waals surface area contributed by atoms with Crippen LogP contribution < -0.4 is 10.2 Å². The molecule has 1 aliphatic rings. The molecule has 0 atom stereocenters. The van der Waals surface area contributed by atoms with E-state index in [9.17, 15) is 9.59 Å². The highest BCUT2D eigenvalue weighted by atomic mass is 16.5. The number of amides is 2. The van der Waals surface area contributed by atoms with Gasteiger partial charge in [0.25, 0.3) is 11.8 Å². The molecular formula is C14H14N2O3. The first-order chi connectivity index (χ1) is 9.11. The van der Waals surface area contributed by atoms with Crippen LogP contribution >= 0.6 is 0 Å². The Balaban J connectivity index is 2.22. The van der Waals surface area contributed by atoms with Crippen LogP contribution in [0.3, 0.4) is 0 Å². The van der Waals surface area contributed by atoms with Crippen LogP contribution in [0.15, 0.2) is 18.2 Å². The number of morpholine rings is 1. The van der Waals surface area contributed by atoms with Crippen molar-refractivity contribution in [3.05, 3.63) is 23.8 Å². The smallest absolute Gasteiger partial charge is 0.300 e. The minimum atomic E-state index is -0.491. The zero-order valence-corrected chi connectivity index (χ0v) is 10.6. The monoisotopic (exact) mass is 258 g/mol. The fourth-order valence-corrected chi connectivity index (χ4v) is 1.98. The van der Waals surface area contributed by atoms with Gasteiger partial charge in [-0.2, -0.15) is 0 Å². The number of carbonyl (C=O) groups is 2. The second-order valence-corrected chi connectivity index (χ2v) is 4.20. The number of hydrogen-bond acceptors (Lipinski definition) is 3. The van der Waals surface area contributed by atoms with E-state index in [4.69, 9.17) is 11.2 Å². The maximum Gasteiger partial charge on any atom is 0.300 e. The summed E-state index contributed by atoms with van der Waals surface area (Å²) in [5.74, 6) is 1.44. The van der Waals surface area contributed by atoms with Crippen LogP contribution in [0, 0.1) is 19.3 Å². The number of ether oxygens (including phenoxy) is 1. The van der Waals surface area contributed by atoms with Gasteiger partial charge in [0.15, 0.2) is 0 Å². The standard InChI is InChI=1S/C14H14N2O3/c1-3-13(17)15-11-4-5-12(10(2)8-11)16-6-7-19-9-14(16)18/h1,4-5,8H,6-7,9H2,2H3,(H,15,17). The second kappa shape index (κ2) is 5.55. The van der Waals surface area contributed by atoms with Gasteiger partial charge in [-0.3, -0.25) is 9.59 Å². The Hall–Kier alpha value is -2.32. The molecule has 0 unspecified atom stereocenters. The van der Waals surface area contributed by atoms with Gasteiger partial charge in [0, 0.05) is 17.9 Å². The number of aryl methyl sites for hydroxylation is 1. The van der Waals surface area contributed by atoms with Gasteiger partial charge in [-0.15, -0.1) is 6.42 Å². The molecule has 0 bridgehead atoms. The van der Waals surface area contributed by atoms with Crippen LogP contribution in [0.2, 0.25) is 0 Å². The summed E-state index contributed by atoms with van der Waals surface area (Å²) in [5, 5.41) is 2.57. The van der Waals surface area contributed by atoms with Gasteiger partial charge < -0.3 is 15.0 Å². The topological polar surface area (TPSA) is 58.6 Å². The normalized spacial score (nSPS) is 14.9. The Morgan fingerprint density at radius 1 is 1.53 bits per heavy atom. The molecule has 0 saturated carbocycles. The van der Waals surface area contributed by atoms with Gasteiger partial charge in [-0.25, -0.2) is 0 Å². The second-order valence-electron chi connectivity index (χ2n) is 4.20. The van der Waals surface area contributed by atoms with Crippen molar-refractivity contribution in [3.8, 4) is 12.3 Å². The summed E-state index contributed by atoms with van der Waals surface area (Å²) in [4.78, 5) is 24.5. The molecule has 1 aromatic carbocycles. The van der Waals surface area contributed by atoms with Crippen molar-refractivity contribution in [3.63, 3.8) is 0 Å². The number of nitrogens with zero attached hydrogens (tertiary/aromatic N) is 1. The quantitative estimate of drug-likeness (QED) is 0.803. The first-order valence-corrected chi connectivity index (χ1v) is 5.88. The summed E-state index contributed by atoms with van der Waals surface area (Å²) in [5.41, 5.74) is 2.34. The van der Waals surface area contributed by atoms with Gasteiger partial charge in [0.2, 0.25) is 0 Å². The number of benzene rings is 1. The van der Waals surface area contributed by atoms with Gasteiger partial charge >= 0.3 is 0 Å². The number of nitrogens with one attached hydrogen (secondary N) is 1. The zero-order valence-electron chi connectivity index (χ0n) is 10.6. The molecule has 1 saturated heterocycles. The average Bonchev–Trinajstić information content (AvgIpc) is 2.40. The van der Waals surface area contributed by atoms with E-state index in [1.807, 2.05) is 12.8 Å². The minimum Gasteiger partial charge on any atom is -0.370 e. The average molecular weight is 258 g/mol. The minimum absolute atomic E-state index is 0.0604. The largest absolute Gasteiger partial charge is 0.370 e. The Morgan fingerprint density at radius 3 is 2.95 bits per heavy atom. The predicted octanol–water partition coefficient (Wildman–Crippen LogP) is 0.930.